The maximum Gasteiger partial charge on any atom is 0.160 e. The van der Waals surface area contributed by atoms with E-state index in [9.17, 15) is 4.79 Å². The number of hydrogen-bond acceptors (Lipinski definition) is 3. The third-order valence-electron chi connectivity index (χ3n) is 4.95. The summed E-state index contributed by atoms with van der Waals surface area (Å²) in [6.07, 6.45) is 3.95. The lowest BCUT2D eigenvalue weighted by molar-refractivity contribution is -0.109. The third kappa shape index (κ3) is 2.96. The number of carbonyl (C=O) groups is 1. The Bertz CT molecular complexity index is 681. The first-order valence-corrected chi connectivity index (χ1v) is 7.95. The average molecular weight is 310 g/mol. The van der Waals surface area contributed by atoms with Gasteiger partial charge in [0.1, 0.15) is 6.29 Å². The molecule has 23 heavy (non-hydrogen) atoms. The first-order valence-electron chi connectivity index (χ1n) is 7.95. The van der Waals surface area contributed by atoms with Gasteiger partial charge in [-0.15, -0.1) is 0 Å². The van der Waals surface area contributed by atoms with E-state index >= 15 is 0 Å². The second-order valence-electron chi connectivity index (χ2n) is 6.16. The molecular formula is C20H22O3. The molecule has 2 aromatic carbocycles. The van der Waals surface area contributed by atoms with Crippen LogP contribution in [0.4, 0.5) is 0 Å². The molecule has 0 spiro atoms. The van der Waals surface area contributed by atoms with Crippen LogP contribution in [0.5, 0.6) is 11.5 Å². The number of rotatable bonds is 7. The summed E-state index contributed by atoms with van der Waals surface area (Å²) in [5, 5.41) is 0. The van der Waals surface area contributed by atoms with Gasteiger partial charge in [0.05, 0.1) is 14.2 Å². The monoisotopic (exact) mass is 310 g/mol. The lowest BCUT2D eigenvalue weighted by atomic mass is 9.87. The number of aryl methyl sites for hydroxylation is 1. The number of methoxy groups -OCH3 is 2. The molecule has 3 heteroatoms. The average Bonchev–Trinajstić information content (AvgIpc) is 3.35. The van der Waals surface area contributed by atoms with Crippen LogP contribution in [0.1, 0.15) is 24.0 Å². The Morgan fingerprint density at radius 2 is 1.83 bits per heavy atom. The lowest BCUT2D eigenvalue weighted by Gasteiger charge is -2.17. The molecule has 2 aromatic rings. The van der Waals surface area contributed by atoms with Crippen molar-refractivity contribution in [2.45, 2.75) is 24.7 Å². The summed E-state index contributed by atoms with van der Waals surface area (Å²) in [5.41, 5.74) is 2.49. The number of ether oxygens (including phenoxy) is 2. The van der Waals surface area contributed by atoms with Crippen molar-refractivity contribution in [3.8, 4) is 11.5 Å². The molecule has 0 saturated heterocycles. The molecule has 0 aromatic heterocycles. The van der Waals surface area contributed by atoms with Gasteiger partial charge in [-0.05, 0) is 42.5 Å². The highest BCUT2D eigenvalue weighted by Crippen LogP contribution is 2.56. The molecule has 2 unspecified atom stereocenters. The van der Waals surface area contributed by atoms with E-state index in [-0.39, 0.29) is 11.3 Å². The predicted molar refractivity (Wildman–Crippen MR) is 90.2 cm³/mol. The lowest BCUT2D eigenvalue weighted by Crippen LogP contribution is -2.12. The molecule has 1 saturated carbocycles. The molecule has 3 rings (SSSR count). The highest BCUT2D eigenvalue weighted by Gasteiger charge is 2.54. The van der Waals surface area contributed by atoms with Crippen molar-refractivity contribution in [3.63, 3.8) is 0 Å². The Morgan fingerprint density at radius 1 is 1.09 bits per heavy atom. The summed E-state index contributed by atoms with van der Waals surface area (Å²) in [6, 6.07) is 16.4. The van der Waals surface area contributed by atoms with Gasteiger partial charge >= 0.3 is 0 Å². The van der Waals surface area contributed by atoms with Gasteiger partial charge in [0.15, 0.2) is 11.5 Å². The molecule has 1 aliphatic carbocycles. The molecule has 1 aliphatic rings. The Kier molecular flexibility index (Phi) is 4.37. The molecule has 120 valence electrons. The molecule has 1 fully saturated rings. The zero-order valence-electron chi connectivity index (χ0n) is 13.6. The van der Waals surface area contributed by atoms with Crippen LogP contribution in [0.3, 0.4) is 0 Å². The maximum atomic E-state index is 11.3. The van der Waals surface area contributed by atoms with Crippen LogP contribution in [-0.4, -0.2) is 20.5 Å². The third-order valence-corrected chi connectivity index (χ3v) is 4.95. The minimum absolute atomic E-state index is 0.0101. The molecule has 0 aliphatic heterocycles. The Morgan fingerprint density at radius 3 is 2.43 bits per heavy atom. The smallest absolute Gasteiger partial charge is 0.160 e. The Balaban J connectivity index is 1.77. The largest absolute Gasteiger partial charge is 0.493 e. The van der Waals surface area contributed by atoms with E-state index in [0.717, 1.165) is 37.0 Å². The zero-order chi connectivity index (χ0) is 16.3. The molecule has 0 radical (unpaired) electrons. The fourth-order valence-corrected chi connectivity index (χ4v) is 3.45. The van der Waals surface area contributed by atoms with E-state index < -0.39 is 0 Å². The van der Waals surface area contributed by atoms with Gasteiger partial charge in [0, 0.05) is 11.3 Å². The molecule has 0 heterocycles. The maximum absolute atomic E-state index is 11.3. The molecule has 0 amide bonds. The second-order valence-corrected chi connectivity index (χ2v) is 6.16. The highest BCUT2D eigenvalue weighted by molar-refractivity contribution is 5.64. The van der Waals surface area contributed by atoms with Crippen molar-refractivity contribution in [1.82, 2.24) is 0 Å². The fourth-order valence-electron chi connectivity index (χ4n) is 3.45. The van der Waals surface area contributed by atoms with Crippen LogP contribution in [0.2, 0.25) is 0 Å². The Labute approximate surface area is 137 Å². The van der Waals surface area contributed by atoms with E-state index in [0.29, 0.717) is 0 Å². The van der Waals surface area contributed by atoms with Gasteiger partial charge in [0.2, 0.25) is 0 Å². The number of aldehydes is 1. The van der Waals surface area contributed by atoms with Gasteiger partial charge in [-0.25, -0.2) is 0 Å². The van der Waals surface area contributed by atoms with E-state index in [2.05, 4.69) is 18.2 Å². The molecule has 2 atom stereocenters. The van der Waals surface area contributed by atoms with Crippen molar-refractivity contribution >= 4 is 6.29 Å². The van der Waals surface area contributed by atoms with Crippen LogP contribution in [0.15, 0.2) is 48.5 Å². The second kappa shape index (κ2) is 6.45. The zero-order valence-corrected chi connectivity index (χ0v) is 13.6. The van der Waals surface area contributed by atoms with Gasteiger partial charge in [0.25, 0.3) is 0 Å². The van der Waals surface area contributed by atoms with Crippen LogP contribution < -0.4 is 9.47 Å². The van der Waals surface area contributed by atoms with Crippen LogP contribution in [0.25, 0.3) is 0 Å². The van der Waals surface area contributed by atoms with Crippen LogP contribution in [0, 0.1) is 5.92 Å². The first kappa shape index (κ1) is 15.6. The summed E-state index contributed by atoms with van der Waals surface area (Å²) >= 11 is 0. The van der Waals surface area contributed by atoms with Gasteiger partial charge < -0.3 is 14.3 Å². The quantitative estimate of drug-likeness (QED) is 0.730. The van der Waals surface area contributed by atoms with Crippen molar-refractivity contribution in [2.75, 3.05) is 14.2 Å². The summed E-state index contributed by atoms with van der Waals surface area (Å²) in [5.74, 6) is 1.64. The van der Waals surface area contributed by atoms with Crippen molar-refractivity contribution < 1.29 is 14.3 Å². The van der Waals surface area contributed by atoms with Gasteiger partial charge in [-0.1, -0.05) is 36.4 Å². The summed E-state index contributed by atoms with van der Waals surface area (Å²) < 4.78 is 10.7. The normalized spacial score (nSPS) is 22.4. The highest BCUT2D eigenvalue weighted by atomic mass is 16.5. The van der Waals surface area contributed by atoms with Gasteiger partial charge in [-0.2, -0.15) is 0 Å². The van der Waals surface area contributed by atoms with E-state index in [1.54, 1.807) is 14.2 Å². The number of benzene rings is 2. The minimum atomic E-state index is 0.0101. The first-order chi connectivity index (χ1) is 11.2. The van der Waals surface area contributed by atoms with E-state index in [1.165, 1.54) is 11.1 Å². The van der Waals surface area contributed by atoms with E-state index in [4.69, 9.17) is 9.47 Å². The van der Waals surface area contributed by atoms with Crippen molar-refractivity contribution in [1.29, 1.82) is 0 Å². The van der Waals surface area contributed by atoms with Crippen molar-refractivity contribution in [2.24, 2.45) is 5.92 Å². The SMILES string of the molecule is COc1ccc(CCC2(c3ccccc3)CC2C=O)cc1OC. The Hall–Kier alpha value is -2.29. The summed E-state index contributed by atoms with van der Waals surface area (Å²) in [4.78, 5) is 11.3. The topological polar surface area (TPSA) is 35.5 Å². The molecule has 3 nitrogen and oxygen atoms in total. The van der Waals surface area contributed by atoms with E-state index in [1.807, 2.05) is 30.3 Å². The summed E-state index contributed by atoms with van der Waals surface area (Å²) in [7, 11) is 3.29. The molecular weight excluding hydrogens is 288 g/mol. The van der Waals surface area contributed by atoms with Crippen LogP contribution in [-0.2, 0) is 16.6 Å². The van der Waals surface area contributed by atoms with Crippen molar-refractivity contribution in [3.05, 3.63) is 59.7 Å². The number of carbonyl (C=O) groups excluding carboxylic acids is 1. The molecule has 0 bridgehead atoms. The van der Waals surface area contributed by atoms with Gasteiger partial charge in [-0.3, -0.25) is 0 Å². The fraction of sp³-hybridized carbons (Fsp3) is 0.350. The standard InChI is InChI=1S/C20H22O3/c1-22-18-9-8-15(12-19(18)23-2)10-11-20(13-17(20)14-21)16-6-4-3-5-7-16/h3-9,12,14,17H,10-11,13H2,1-2H3. The summed E-state index contributed by atoms with van der Waals surface area (Å²) in [6.45, 7) is 0. The van der Waals surface area contributed by atoms with Crippen LogP contribution >= 0.6 is 0 Å². The number of hydrogen-bond donors (Lipinski definition) is 0. The minimum Gasteiger partial charge on any atom is -0.493 e. The predicted octanol–water partition coefficient (Wildman–Crippen LogP) is 3.79. The molecule has 0 N–H and O–H groups in total.